The molecular formula is C13H24N4O2S. The summed E-state index contributed by atoms with van der Waals surface area (Å²) in [5.41, 5.74) is -0.479. The molecule has 114 valence electrons. The van der Waals surface area contributed by atoms with Crippen LogP contribution < -0.4 is 10.0 Å². The number of hydrogen-bond donors (Lipinski definition) is 2. The van der Waals surface area contributed by atoms with Gasteiger partial charge < -0.3 is 5.32 Å². The summed E-state index contributed by atoms with van der Waals surface area (Å²) in [5, 5.41) is 3.00. The smallest absolute Gasteiger partial charge is 0.244 e. The summed E-state index contributed by atoms with van der Waals surface area (Å²) in [4.78, 5) is 8.12. The van der Waals surface area contributed by atoms with Gasteiger partial charge in [-0.2, -0.15) is 0 Å². The molecule has 0 aliphatic rings. The number of hydrogen-bond acceptors (Lipinski definition) is 5. The molecule has 0 aromatic carbocycles. The van der Waals surface area contributed by atoms with E-state index in [-0.39, 0.29) is 4.90 Å². The third kappa shape index (κ3) is 5.05. The molecule has 6 nitrogen and oxygen atoms in total. The summed E-state index contributed by atoms with van der Waals surface area (Å²) in [5.74, 6) is 0.443. The van der Waals surface area contributed by atoms with Gasteiger partial charge in [-0.05, 0) is 26.7 Å². The van der Waals surface area contributed by atoms with Crippen LogP contribution in [0.3, 0.4) is 0 Å². The van der Waals surface area contributed by atoms with Gasteiger partial charge in [-0.25, -0.2) is 23.1 Å². The van der Waals surface area contributed by atoms with Crippen LogP contribution in [0, 0.1) is 0 Å². The Morgan fingerprint density at radius 2 is 1.75 bits per heavy atom. The van der Waals surface area contributed by atoms with Crippen molar-refractivity contribution in [1.82, 2.24) is 14.7 Å². The van der Waals surface area contributed by atoms with Gasteiger partial charge >= 0.3 is 0 Å². The fourth-order valence-electron chi connectivity index (χ4n) is 1.88. The maximum atomic E-state index is 12.2. The highest BCUT2D eigenvalue weighted by atomic mass is 32.2. The van der Waals surface area contributed by atoms with Crippen LogP contribution in [0.1, 0.15) is 47.0 Å². The van der Waals surface area contributed by atoms with Crippen molar-refractivity contribution in [1.29, 1.82) is 0 Å². The maximum absolute atomic E-state index is 12.2. The number of anilines is 1. The minimum atomic E-state index is -3.58. The van der Waals surface area contributed by atoms with E-state index in [1.807, 2.05) is 27.7 Å². The van der Waals surface area contributed by atoms with Gasteiger partial charge in [-0.15, -0.1) is 0 Å². The molecule has 0 atom stereocenters. The highest BCUT2D eigenvalue weighted by Crippen LogP contribution is 2.16. The van der Waals surface area contributed by atoms with E-state index in [9.17, 15) is 8.42 Å². The van der Waals surface area contributed by atoms with E-state index in [4.69, 9.17) is 0 Å². The predicted molar refractivity (Wildman–Crippen MR) is 80.1 cm³/mol. The molecule has 0 aliphatic heterocycles. The molecule has 1 aromatic rings. The van der Waals surface area contributed by atoms with E-state index >= 15 is 0 Å². The molecule has 0 radical (unpaired) electrons. The zero-order chi connectivity index (χ0) is 15.2. The molecule has 0 saturated heterocycles. The van der Waals surface area contributed by atoms with Crippen LogP contribution in [0.4, 0.5) is 5.95 Å². The van der Waals surface area contributed by atoms with Gasteiger partial charge in [0.2, 0.25) is 16.0 Å². The maximum Gasteiger partial charge on any atom is 0.244 e. The molecule has 0 fully saturated rings. The van der Waals surface area contributed by atoms with Crippen LogP contribution in [0.15, 0.2) is 17.3 Å². The van der Waals surface area contributed by atoms with E-state index < -0.39 is 15.6 Å². The first-order chi connectivity index (χ1) is 9.30. The molecule has 7 heteroatoms. The minimum absolute atomic E-state index is 0.0868. The molecule has 1 heterocycles. The Morgan fingerprint density at radius 1 is 1.15 bits per heavy atom. The Kier molecular flexibility index (Phi) is 5.88. The molecule has 20 heavy (non-hydrogen) atoms. The fraction of sp³-hybridized carbons (Fsp3) is 0.692. The van der Waals surface area contributed by atoms with Gasteiger partial charge in [0.1, 0.15) is 4.90 Å². The van der Waals surface area contributed by atoms with Crippen LogP contribution in [-0.4, -0.2) is 30.5 Å². The molecule has 0 bridgehead atoms. The monoisotopic (exact) mass is 300 g/mol. The van der Waals surface area contributed by atoms with Gasteiger partial charge in [0.05, 0.1) is 12.4 Å². The number of sulfonamides is 1. The lowest BCUT2D eigenvalue weighted by atomic mass is 10.0. The average Bonchev–Trinajstić information content (AvgIpc) is 2.35. The van der Waals surface area contributed by atoms with Gasteiger partial charge in [-0.3, -0.25) is 0 Å². The van der Waals surface area contributed by atoms with E-state index in [2.05, 4.69) is 20.0 Å². The van der Waals surface area contributed by atoms with E-state index in [0.717, 1.165) is 25.8 Å². The molecule has 0 unspecified atom stereocenters. The van der Waals surface area contributed by atoms with Crippen LogP contribution in [0.5, 0.6) is 0 Å². The molecule has 0 aliphatic carbocycles. The largest absolute Gasteiger partial charge is 0.354 e. The zero-order valence-corrected chi connectivity index (χ0v) is 13.4. The summed E-state index contributed by atoms with van der Waals surface area (Å²) in [6.07, 6.45) is 5.29. The Bertz CT molecular complexity index is 512. The number of nitrogens with one attached hydrogen (secondary N) is 2. The lowest BCUT2D eigenvalue weighted by Gasteiger charge is -2.25. The van der Waals surface area contributed by atoms with Crippen molar-refractivity contribution in [3.63, 3.8) is 0 Å². The number of aromatic nitrogens is 2. The Balaban J connectivity index is 2.82. The van der Waals surface area contributed by atoms with Gasteiger partial charge in [0, 0.05) is 12.1 Å². The van der Waals surface area contributed by atoms with Crippen LogP contribution in [0.25, 0.3) is 0 Å². The van der Waals surface area contributed by atoms with Crippen molar-refractivity contribution in [3.8, 4) is 0 Å². The first kappa shape index (κ1) is 16.8. The van der Waals surface area contributed by atoms with E-state index in [1.54, 1.807) is 0 Å². The van der Waals surface area contributed by atoms with Crippen molar-refractivity contribution < 1.29 is 8.42 Å². The third-order valence-electron chi connectivity index (χ3n) is 2.76. The summed E-state index contributed by atoms with van der Waals surface area (Å²) >= 11 is 0. The second-order valence-corrected chi connectivity index (χ2v) is 7.09. The average molecular weight is 300 g/mol. The standard InChI is InChI=1S/C13H24N4O2S/c1-5-7-13(3,4)17-20(18,19)11-9-15-12(16-10-11)14-8-6-2/h9-10,17H,5-8H2,1-4H3,(H,14,15,16). The number of nitrogens with zero attached hydrogens (tertiary/aromatic N) is 2. The SMILES string of the molecule is CCCNc1ncc(S(=O)(=O)NC(C)(C)CCC)cn1. The summed E-state index contributed by atoms with van der Waals surface area (Å²) in [6.45, 7) is 8.55. The summed E-state index contributed by atoms with van der Waals surface area (Å²) in [7, 11) is -3.58. The van der Waals surface area contributed by atoms with Crippen molar-refractivity contribution in [2.75, 3.05) is 11.9 Å². The van der Waals surface area contributed by atoms with Crippen LogP contribution >= 0.6 is 0 Å². The van der Waals surface area contributed by atoms with Gasteiger partial charge in [-0.1, -0.05) is 20.3 Å². The quantitative estimate of drug-likeness (QED) is 0.768. The van der Waals surface area contributed by atoms with E-state index in [1.165, 1.54) is 12.4 Å². The second kappa shape index (κ2) is 6.99. The molecule has 0 amide bonds. The molecule has 0 saturated carbocycles. The predicted octanol–water partition coefficient (Wildman–Crippen LogP) is 2.16. The molecule has 1 rings (SSSR count). The Hall–Kier alpha value is -1.21. The molecule has 2 N–H and O–H groups in total. The van der Waals surface area contributed by atoms with Crippen molar-refractivity contribution >= 4 is 16.0 Å². The third-order valence-corrected chi connectivity index (χ3v) is 4.41. The summed E-state index contributed by atoms with van der Waals surface area (Å²) in [6, 6.07) is 0. The lowest BCUT2D eigenvalue weighted by Crippen LogP contribution is -2.43. The highest BCUT2D eigenvalue weighted by molar-refractivity contribution is 7.89. The van der Waals surface area contributed by atoms with E-state index in [0.29, 0.717) is 5.95 Å². The minimum Gasteiger partial charge on any atom is -0.354 e. The summed E-state index contributed by atoms with van der Waals surface area (Å²) < 4.78 is 27.2. The number of rotatable bonds is 8. The molecular weight excluding hydrogens is 276 g/mol. The second-order valence-electron chi connectivity index (χ2n) is 5.41. The Morgan fingerprint density at radius 3 is 2.25 bits per heavy atom. The lowest BCUT2D eigenvalue weighted by molar-refractivity contribution is 0.417. The van der Waals surface area contributed by atoms with Crippen LogP contribution in [0.2, 0.25) is 0 Å². The van der Waals surface area contributed by atoms with Crippen molar-refractivity contribution in [2.45, 2.75) is 57.4 Å². The normalized spacial score (nSPS) is 12.4. The molecule has 1 aromatic heterocycles. The topological polar surface area (TPSA) is 84.0 Å². The highest BCUT2D eigenvalue weighted by Gasteiger charge is 2.25. The van der Waals surface area contributed by atoms with Crippen molar-refractivity contribution in [3.05, 3.63) is 12.4 Å². The molecule has 0 spiro atoms. The zero-order valence-electron chi connectivity index (χ0n) is 12.6. The van der Waals surface area contributed by atoms with Crippen LogP contribution in [-0.2, 0) is 10.0 Å². The van der Waals surface area contributed by atoms with Gasteiger partial charge in [0.15, 0.2) is 0 Å². The Labute approximate surface area is 121 Å². The first-order valence-electron chi connectivity index (χ1n) is 6.90. The first-order valence-corrected chi connectivity index (χ1v) is 8.39. The fourth-order valence-corrected chi connectivity index (χ4v) is 3.21. The van der Waals surface area contributed by atoms with Gasteiger partial charge in [0.25, 0.3) is 0 Å². The van der Waals surface area contributed by atoms with Crippen molar-refractivity contribution in [2.24, 2.45) is 0 Å².